The lowest BCUT2D eigenvalue weighted by Crippen LogP contribution is -2.30. The number of amides is 1. The normalized spacial score (nSPS) is 12.4. The number of nitrogens with one attached hydrogen (secondary N) is 2. The van der Waals surface area contributed by atoms with E-state index in [1.165, 1.54) is 6.07 Å². The number of hydrogen-bond acceptors (Lipinski definition) is 6. The van der Waals surface area contributed by atoms with Gasteiger partial charge in [0.05, 0.1) is 30.0 Å². The number of aliphatic hydroxyl groups is 1. The van der Waals surface area contributed by atoms with Gasteiger partial charge in [0, 0.05) is 23.8 Å². The Morgan fingerprint density at radius 1 is 1.11 bits per heavy atom. The molecule has 0 atom stereocenters. The van der Waals surface area contributed by atoms with E-state index in [2.05, 4.69) is 20.5 Å². The minimum absolute atomic E-state index is 0.152. The van der Waals surface area contributed by atoms with Crippen molar-refractivity contribution in [2.24, 2.45) is 4.99 Å². The maximum Gasteiger partial charge on any atom is 0.412 e. The van der Waals surface area contributed by atoms with Gasteiger partial charge in [0.1, 0.15) is 11.7 Å². The number of halogens is 1. The maximum absolute atomic E-state index is 14.9. The molecule has 0 aliphatic carbocycles. The summed E-state index contributed by atoms with van der Waals surface area (Å²) in [7, 11) is 0. The molecule has 4 aromatic rings. The maximum atomic E-state index is 14.9. The molecular weight excluding hydrogens is 463 g/mol. The van der Waals surface area contributed by atoms with Crippen molar-refractivity contribution in [1.29, 1.82) is 0 Å². The third kappa shape index (κ3) is 4.60. The Bertz CT molecular complexity index is 1580. The molecule has 9 heteroatoms. The second-order valence-corrected chi connectivity index (χ2v) is 8.45. The van der Waals surface area contributed by atoms with Gasteiger partial charge in [0.25, 0.3) is 5.56 Å². The summed E-state index contributed by atoms with van der Waals surface area (Å²) in [6.07, 6.45) is 0.252. The van der Waals surface area contributed by atoms with Crippen molar-refractivity contribution in [1.82, 2.24) is 15.5 Å². The van der Waals surface area contributed by atoms with Crippen LogP contribution in [0.2, 0.25) is 0 Å². The number of benzene rings is 3. The molecule has 1 amide bonds. The monoisotopic (exact) mass is 486 g/mol. The lowest BCUT2D eigenvalue weighted by atomic mass is 9.97. The number of ether oxygens (including phenoxy) is 1. The van der Waals surface area contributed by atoms with Crippen LogP contribution < -0.4 is 10.9 Å². The van der Waals surface area contributed by atoms with Gasteiger partial charge in [-0.3, -0.25) is 10.1 Å². The van der Waals surface area contributed by atoms with Crippen molar-refractivity contribution in [3.05, 3.63) is 93.2 Å². The first-order chi connectivity index (χ1) is 17.4. The largest absolute Gasteiger partial charge is 0.450 e. The lowest BCUT2D eigenvalue weighted by Gasteiger charge is -2.10. The Balaban J connectivity index is 1.46. The van der Waals surface area contributed by atoms with Crippen LogP contribution in [0.5, 0.6) is 0 Å². The first kappa shape index (κ1) is 23.4. The molecule has 0 unspecified atom stereocenters. The smallest absolute Gasteiger partial charge is 0.412 e. The van der Waals surface area contributed by atoms with E-state index in [1.807, 2.05) is 12.1 Å². The fraction of sp³-hybridized carbons (Fsp3) is 0.185. The van der Waals surface area contributed by atoms with Gasteiger partial charge in [-0.15, -0.1) is 0 Å². The van der Waals surface area contributed by atoms with Crippen LogP contribution in [0.1, 0.15) is 29.3 Å². The molecule has 1 aliphatic heterocycles. The third-order valence-corrected chi connectivity index (χ3v) is 6.05. The number of carbonyl (C=O) groups excluding carboxylic acids is 1. The molecule has 0 saturated carbocycles. The van der Waals surface area contributed by atoms with E-state index < -0.39 is 6.09 Å². The summed E-state index contributed by atoms with van der Waals surface area (Å²) in [5.41, 5.74) is 4.42. The zero-order valence-electron chi connectivity index (χ0n) is 19.5. The zero-order chi connectivity index (χ0) is 25.2. The van der Waals surface area contributed by atoms with Gasteiger partial charge in [0.15, 0.2) is 0 Å². The predicted molar refractivity (Wildman–Crippen MR) is 134 cm³/mol. The quantitative estimate of drug-likeness (QED) is 0.392. The van der Waals surface area contributed by atoms with E-state index in [1.54, 1.807) is 43.3 Å². The first-order valence-electron chi connectivity index (χ1n) is 11.5. The topological polar surface area (TPSA) is 117 Å². The van der Waals surface area contributed by atoms with Gasteiger partial charge < -0.3 is 9.84 Å². The van der Waals surface area contributed by atoms with Crippen LogP contribution in [0.3, 0.4) is 0 Å². The second-order valence-electron chi connectivity index (χ2n) is 8.45. The fourth-order valence-corrected chi connectivity index (χ4v) is 4.30. The summed E-state index contributed by atoms with van der Waals surface area (Å²) >= 11 is 0. The number of hydrogen-bond donors (Lipinski definition) is 3. The highest BCUT2D eigenvalue weighted by Gasteiger charge is 2.19. The first-order valence-corrected chi connectivity index (χ1v) is 11.5. The molecule has 2 heterocycles. The molecule has 3 N–H and O–H groups in total. The molecule has 0 radical (unpaired) electrons. The van der Waals surface area contributed by atoms with E-state index >= 15 is 0 Å². The van der Waals surface area contributed by atoms with Crippen LogP contribution in [0.15, 0.2) is 64.4 Å². The zero-order valence-corrected chi connectivity index (χ0v) is 19.5. The number of H-pyrrole nitrogens is 1. The second kappa shape index (κ2) is 9.71. The molecule has 0 saturated heterocycles. The molecule has 182 valence electrons. The fourth-order valence-electron chi connectivity index (χ4n) is 4.30. The predicted octanol–water partition coefficient (Wildman–Crippen LogP) is 4.14. The van der Waals surface area contributed by atoms with Gasteiger partial charge in [-0.2, -0.15) is 5.10 Å². The van der Waals surface area contributed by atoms with Crippen molar-refractivity contribution in [3.63, 3.8) is 0 Å². The minimum atomic E-state index is -0.558. The molecule has 1 aliphatic rings. The number of rotatable bonds is 5. The number of amidine groups is 1. The van der Waals surface area contributed by atoms with E-state index in [9.17, 15) is 19.1 Å². The van der Waals surface area contributed by atoms with Crippen LogP contribution in [0, 0.1) is 5.82 Å². The summed E-state index contributed by atoms with van der Waals surface area (Å²) in [6.45, 7) is 1.83. The molecule has 8 nitrogen and oxygen atoms in total. The van der Waals surface area contributed by atoms with Gasteiger partial charge in [-0.1, -0.05) is 24.3 Å². The standard InChI is InChI=1S/C27H23FN4O4/c1-2-36-27(35)30-25-13-18-6-5-17(12-23(18)29-25)20-9-15(4-8-22(20)28)11-24-21-10-16(14-33)3-7-19(21)26(34)32-31-24/h3-10,12,33H,2,11,13-14H2,1H3,(H,32,34)(H,29,30,35). The number of alkyl carbamates (subject to hydrolysis) is 1. The van der Waals surface area contributed by atoms with E-state index in [0.29, 0.717) is 57.5 Å². The Hall–Kier alpha value is -4.37. The molecule has 0 bridgehead atoms. The summed E-state index contributed by atoms with van der Waals surface area (Å²) in [5.74, 6) is 0.0977. The van der Waals surface area contributed by atoms with Crippen molar-refractivity contribution in [2.75, 3.05) is 6.61 Å². The summed E-state index contributed by atoms with van der Waals surface area (Å²) < 4.78 is 19.8. The van der Waals surface area contributed by atoms with Crippen LogP contribution in [0.25, 0.3) is 21.9 Å². The van der Waals surface area contributed by atoms with Gasteiger partial charge in [-0.05, 0) is 59.5 Å². The average Bonchev–Trinajstić information content (AvgIpc) is 3.28. The lowest BCUT2D eigenvalue weighted by molar-refractivity contribution is 0.157. The number of aromatic amines is 1. The number of fused-ring (bicyclic) bond motifs is 2. The molecule has 0 spiro atoms. The molecule has 1 aromatic heterocycles. The van der Waals surface area contributed by atoms with E-state index in [-0.39, 0.29) is 24.6 Å². The number of aliphatic hydroxyl groups excluding tert-OH is 1. The summed E-state index contributed by atoms with van der Waals surface area (Å²) in [4.78, 5) is 28.4. The van der Waals surface area contributed by atoms with Crippen LogP contribution in [0.4, 0.5) is 14.9 Å². The third-order valence-electron chi connectivity index (χ3n) is 6.05. The molecule has 0 fully saturated rings. The van der Waals surface area contributed by atoms with Crippen molar-refractivity contribution < 1.29 is 19.0 Å². The highest BCUT2D eigenvalue weighted by Crippen LogP contribution is 2.33. The number of aliphatic imine (C=N–C) groups is 1. The highest BCUT2D eigenvalue weighted by atomic mass is 19.1. The van der Waals surface area contributed by atoms with E-state index in [4.69, 9.17) is 4.74 Å². The SMILES string of the molecule is CCOC(=O)NC1=Nc2cc(-c3cc(Cc4n[nH]c(=O)c5ccc(CO)cc45)ccc3F)ccc2C1. The molecule has 3 aromatic carbocycles. The Labute approximate surface area is 205 Å². The Morgan fingerprint density at radius 2 is 1.94 bits per heavy atom. The van der Waals surface area contributed by atoms with Crippen molar-refractivity contribution >= 4 is 28.4 Å². The van der Waals surface area contributed by atoms with Gasteiger partial charge in [0.2, 0.25) is 0 Å². The summed E-state index contributed by atoms with van der Waals surface area (Å²) in [6, 6.07) is 15.4. The van der Waals surface area contributed by atoms with Crippen LogP contribution in [-0.2, 0) is 24.2 Å². The highest BCUT2D eigenvalue weighted by molar-refractivity contribution is 6.01. The van der Waals surface area contributed by atoms with Gasteiger partial charge in [-0.25, -0.2) is 19.3 Å². The molecule has 5 rings (SSSR count). The number of nitrogens with zero attached hydrogens (tertiary/aromatic N) is 2. The Morgan fingerprint density at radius 3 is 2.75 bits per heavy atom. The number of aromatic nitrogens is 2. The van der Waals surface area contributed by atoms with Gasteiger partial charge >= 0.3 is 6.09 Å². The molecule has 36 heavy (non-hydrogen) atoms. The summed E-state index contributed by atoms with van der Waals surface area (Å²) in [5, 5.41) is 20.0. The average molecular weight is 487 g/mol. The molecular formula is C27H23FN4O4. The van der Waals surface area contributed by atoms with Crippen LogP contribution >= 0.6 is 0 Å². The van der Waals surface area contributed by atoms with Crippen molar-refractivity contribution in [3.8, 4) is 11.1 Å². The van der Waals surface area contributed by atoms with Crippen molar-refractivity contribution in [2.45, 2.75) is 26.4 Å². The number of carbonyl (C=O) groups is 1. The van der Waals surface area contributed by atoms with Crippen LogP contribution in [-0.4, -0.2) is 33.8 Å². The Kier molecular flexibility index (Phi) is 6.30. The van der Waals surface area contributed by atoms with E-state index in [0.717, 1.165) is 11.1 Å². The minimum Gasteiger partial charge on any atom is -0.450 e.